The predicted octanol–water partition coefficient (Wildman–Crippen LogP) is 2.14. The Morgan fingerprint density at radius 1 is 1.56 bits per heavy atom. The van der Waals surface area contributed by atoms with E-state index in [4.69, 9.17) is 0 Å². The average molecular weight is 283 g/mol. The minimum absolute atomic E-state index is 0.231. The molecule has 0 aliphatic carbocycles. The van der Waals surface area contributed by atoms with E-state index >= 15 is 0 Å². The van der Waals surface area contributed by atoms with Gasteiger partial charge in [0, 0.05) is 7.05 Å². The maximum absolute atomic E-state index is 11.0. The molecule has 0 aromatic carbocycles. The van der Waals surface area contributed by atoms with Gasteiger partial charge in [0.05, 0.1) is 24.0 Å². The lowest BCUT2D eigenvalue weighted by Gasteiger charge is -2.05. The summed E-state index contributed by atoms with van der Waals surface area (Å²) in [4.78, 5) is 20.8. The summed E-state index contributed by atoms with van der Waals surface area (Å²) >= 11 is 3.03. The van der Waals surface area contributed by atoms with Crippen LogP contribution in [0.15, 0.2) is 11.4 Å². The number of anilines is 1. The number of hydrogen-bond acceptors (Lipinski definition) is 7. The number of hydrogen-bond donors (Lipinski definition) is 1. The molecule has 7 heteroatoms. The van der Waals surface area contributed by atoms with Crippen LogP contribution in [0.2, 0.25) is 0 Å². The summed E-state index contributed by atoms with van der Waals surface area (Å²) in [6.45, 7) is 0. The fraction of sp³-hybridized carbons (Fsp3) is 0.364. The van der Waals surface area contributed by atoms with Crippen molar-refractivity contribution in [3.63, 3.8) is 0 Å². The van der Waals surface area contributed by atoms with Gasteiger partial charge in [-0.25, -0.2) is 9.97 Å². The second kappa shape index (κ2) is 6.01. The highest BCUT2D eigenvalue weighted by Gasteiger charge is 2.08. The van der Waals surface area contributed by atoms with E-state index in [2.05, 4.69) is 20.0 Å². The van der Waals surface area contributed by atoms with Crippen LogP contribution in [0, 0.1) is 0 Å². The van der Waals surface area contributed by atoms with E-state index < -0.39 is 0 Å². The Bertz CT molecular complexity index is 556. The Hall–Kier alpha value is -1.34. The molecule has 96 valence electrons. The third-order valence-electron chi connectivity index (χ3n) is 2.29. The first kappa shape index (κ1) is 13.1. The van der Waals surface area contributed by atoms with Crippen molar-refractivity contribution in [2.45, 2.75) is 5.75 Å². The highest BCUT2D eigenvalue weighted by molar-refractivity contribution is 7.99. The second-order valence-electron chi connectivity index (χ2n) is 3.45. The number of thiophene rings is 1. The summed E-state index contributed by atoms with van der Waals surface area (Å²) in [6, 6.07) is 2.00. The van der Waals surface area contributed by atoms with Crippen molar-refractivity contribution in [2.24, 2.45) is 0 Å². The van der Waals surface area contributed by atoms with E-state index in [0.717, 1.165) is 21.9 Å². The smallest absolute Gasteiger partial charge is 0.315 e. The van der Waals surface area contributed by atoms with E-state index in [1.165, 1.54) is 18.9 Å². The van der Waals surface area contributed by atoms with Gasteiger partial charge in [0.15, 0.2) is 0 Å². The summed E-state index contributed by atoms with van der Waals surface area (Å²) in [5, 5.41) is 6.08. The van der Waals surface area contributed by atoms with Crippen molar-refractivity contribution in [1.29, 1.82) is 0 Å². The van der Waals surface area contributed by atoms with Gasteiger partial charge >= 0.3 is 5.97 Å². The number of thioether (sulfide) groups is 1. The van der Waals surface area contributed by atoms with Crippen LogP contribution in [0.5, 0.6) is 0 Å². The third kappa shape index (κ3) is 2.91. The molecule has 0 fully saturated rings. The molecule has 0 saturated heterocycles. The lowest BCUT2D eigenvalue weighted by atomic mass is 10.4. The van der Waals surface area contributed by atoms with Gasteiger partial charge in [-0.2, -0.15) is 0 Å². The second-order valence-corrected chi connectivity index (χ2v) is 5.33. The van der Waals surface area contributed by atoms with E-state index in [0.29, 0.717) is 11.5 Å². The van der Waals surface area contributed by atoms with Crippen molar-refractivity contribution in [3.8, 4) is 0 Å². The SMILES string of the molecule is CNc1nc(CSCC(=O)OC)nc2sccc12. The molecule has 0 unspecified atom stereocenters. The van der Waals surface area contributed by atoms with Crippen molar-refractivity contribution in [3.05, 3.63) is 17.3 Å². The number of methoxy groups -OCH3 is 1. The van der Waals surface area contributed by atoms with E-state index in [1.54, 1.807) is 11.3 Å². The van der Waals surface area contributed by atoms with Gasteiger partial charge in [-0.15, -0.1) is 23.1 Å². The molecule has 0 spiro atoms. The maximum Gasteiger partial charge on any atom is 0.315 e. The molecule has 2 aromatic heterocycles. The molecule has 1 N–H and O–H groups in total. The molecule has 2 heterocycles. The van der Waals surface area contributed by atoms with E-state index in [-0.39, 0.29) is 5.97 Å². The zero-order chi connectivity index (χ0) is 13.0. The van der Waals surface area contributed by atoms with Crippen LogP contribution < -0.4 is 5.32 Å². The van der Waals surface area contributed by atoms with Crippen LogP contribution in [0.4, 0.5) is 5.82 Å². The summed E-state index contributed by atoms with van der Waals surface area (Å²) in [5.41, 5.74) is 0. The number of nitrogens with zero attached hydrogens (tertiary/aromatic N) is 2. The van der Waals surface area contributed by atoms with Gasteiger partial charge in [-0.1, -0.05) is 0 Å². The molecule has 0 radical (unpaired) electrons. The van der Waals surface area contributed by atoms with Gasteiger partial charge in [0.2, 0.25) is 0 Å². The molecule has 0 aliphatic rings. The number of fused-ring (bicyclic) bond motifs is 1. The summed E-state index contributed by atoms with van der Waals surface area (Å²) in [6.07, 6.45) is 0. The van der Waals surface area contributed by atoms with Gasteiger partial charge in [0.1, 0.15) is 16.5 Å². The van der Waals surface area contributed by atoms with Gasteiger partial charge < -0.3 is 10.1 Å². The first-order valence-corrected chi connectivity index (χ1v) is 7.34. The molecule has 5 nitrogen and oxygen atoms in total. The topological polar surface area (TPSA) is 64.1 Å². The lowest BCUT2D eigenvalue weighted by molar-refractivity contribution is -0.137. The molecule has 0 aliphatic heterocycles. The average Bonchev–Trinajstić information content (AvgIpc) is 2.85. The first-order chi connectivity index (χ1) is 8.74. The van der Waals surface area contributed by atoms with Crippen molar-refractivity contribution in [1.82, 2.24) is 9.97 Å². The fourth-order valence-corrected chi connectivity index (χ4v) is 2.92. The Morgan fingerprint density at radius 3 is 3.11 bits per heavy atom. The molecular formula is C11H13N3O2S2. The predicted molar refractivity (Wildman–Crippen MR) is 75.1 cm³/mol. The number of aromatic nitrogens is 2. The molecular weight excluding hydrogens is 270 g/mol. The number of nitrogens with one attached hydrogen (secondary N) is 1. The number of carbonyl (C=O) groups is 1. The van der Waals surface area contributed by atoms with E-state index in [9.17, 15) is 4.79 Å². The van der Waals surface area contributed by atoms with Crippen LogP contribution in [0.25, 0.3) is 10.2 Å². The van der Waals surface area contributed by atoms with Crippen molar-refractivity contribution < 1.29 is 9.53 Å². The fourth-order valence-electron chi connectivity index (χ4n) is 1.44. The zero-order valence-corrected chi connectivity index (χ0v) is 11.7. The number of esters is 1. The summed E-state index contributed by atoms with van der Waals surface area (Å²) < 4.78 is 4.58. The van der Waals surface area contributed by atoms with Crippen molar-refractivity contribution >= 4 is 45.1 Å². The van der Waals surface area contributed by atoms with Gasteiger partial charge in [-0.3, -0.25) is 4.79 Å². The highest BCUT2D eigenvalue weighted by atomic mass is 32.2. The minimum atomic E-state index is -0.231. The Morgan fingerprint density at radius 2 is 2.39 bits per heavy atom. The summed E-state index contributed by atoms with van der Waals surface area (Å²) in [5.74, 6) is 2.23. The molecule has 0 bridgehead atoms. The van der Waals surface area contributed by atoms with Crippen LogP contribution in [-0.4, -0.2) is 35.8 Å². The molecule has 0 saturated carbocycles. The standard InChI is InChI=1S/C11H13N3O2S2/c1-12-10-7-3-4-18-11(7)14-8(13-10)5-17-6-9(15)16-2/h3-4H,5-6H2,1-2H3,(H,12,13,14). The van der Waals surface area contributed by atoms with Crippen molar-refractivity contribution in [2.75, 3.05) is 25.2 Å². The molecule has 2 rings (SSSR count). The minimum Gasteiger partial charge on any atom is -0.468 e. The van der Waals surface area contributed by atoms with E-state index in [1.807, 2.05) is 18.5 Å². The van der Waals surface area contributed by atoms with Crippen LogP contribution in [0.1, 0.15) is 5.82 Å². The monoisotopic (exact) mass is 283 g/mol. The molecule has 2 aromatic rings. The van der Waals surface area contributed by atoms with Crippen LogP contribution in [0.3, 0.4) is 0 Å². The Kier molecular flexibility index (Phi) is 4.38. The Labute approximate surface area is 113 Å². The van der Waals surface area contributed by atoms with Gasteiger partial charge in [0.25, 0.3) is 0 Å². The molecule has 0 atom stereocenters. The zero-order valence-electron chi connectivity index (χ0n) is 10.1. The lowest BCUT2D eigenvalue weighted by Crippen LogP contribution is -2.04. The summed E-state index contributed by atoms with van der Waals surface area (Å²) in [7, 11) is 3.22. The maximum atomic E-state index is 11.0. The normalized spacial score (nSPS) is 10.6. The number of rotatable bonds is 5. The number of ether oxygens (including phenoxy) is 1. The highest BCUT2D eigenvalue weighted by Crippen LogP contribution is 2.25. The molecule has 0 amide bonds. The largest absolute Gasteiger partial charge is 0.468 e. The van der Waals surface area contributed by atoms with Crippen LogP contribution in [-0.2, 0) is 15.3 Å². The first-order valence-electron chi connectivity index (χ1n) is 5.31. The third-order valence-corrected chi connectivity index (χ3v) is 4.00. The van der Waals surface area contributed by atoms with Gasteiger partial charge in [-0.05, 0) is 11.4 Å². The number of carbonyl (C=O) groups excluding carboxylic acids is 1. The quantitative estimate of drug-likeness (QED) is 0.848. The van der Waals surface area contributed by atoms with Crippen LogP contribution >= 0.6 is 23.1 Å². The molecule has 18 heavy (non-hydrogen) atoms. The Balaban J connectivity index is 2.11.